The highest BCUT2D eigenvalue weighted by atomic mass is 32.2. The molecular weight excluding hydrogens is 264 g/mol. The van der Waals surface area contributed by atoms with Gasteiger partial charge < -0.3 is 5.11 Å². The summed E-state index contributed by atoms with van der Waals surface area (Å²) in [5, 5.41) is 11.8. The molecule has 1 nitrogen and oxygen atoms in total. The summed E-state index contributed by atoms with van der Waals surface area (Å²) < 4.78 is 0. The van der Waals surface area contributed by atoms with E-state index in [1.54, 1.807) is 0 Å². The Bertz CT molecular complexity index is 492. The molecule has 2 aromatic carbocycles. The number of rotatable bonds is 3. The second-order valence-electron chi connectivity index (χ2n) is 5.35. The number of hydrogen-bond acceptors (Lipinski definition) is 2. The summed E-state index contributed by atoms with van der Waals surface area (Å²) in [4.78, 5) is 0. The molecule has 104 valence electrons. The van der Waals surface area contributed by atoms with Crippen LogP contribution in [0.5, 0.6) is 0 Å². The van der Waals surface area contributed by atoms with E-state index in [2.05, 4.69) is 0 Å². The molecule has 3 rings (SSSR count). The normalized spacial score (nSPS) is 19.8. The number of thioether (sulfide) groups is 1. The smallest absolute Gasteiger partial charge is 0.126 e. The van der Waals surface area contributed by atoms with Gasteiger partial charge in [0.15, 0.2) is 0 Å². The van der Waals surface area contributed by atoms with Gasteiger partial charge in [0.1, 0.15) is 5.60 Å². The van der Waals surface area contributed by atoms with Crippen LogP contribution < -0.4 is 0 Å². The van der Waals surface area contributed by atoms with Crippen molar-refractivity contribution >= 4 is 11.8 Å². The Morgan fingerprint density at radius 2 is 1.40 bits per heavy atom. The topological polar surface area (TPSA) is 20.2 Å². The maximum absolute atomic E-state index is 11.6. The Morgan fingerprint density at radius 3 is 1.85 bits per heavy atom. The molecule has 20 heavy (non-hydrogen) atoms. The molecular formula is C18H20OS. The van der Waals surface area contributed by atoms with E-state index in [0.717, 1.165) is 23.3 Å². The first kappa shape index (κ1) is 13.7. The van der Waals surface area contributed by atoms with Gasteiger partial charge in [0.2, 0.25) is 0 Å². The lowest BCUT2D eigenvalue weighted by Crippen LogP contribution is -2.40. The molecule has 1 unspecified atom stereocenters. The van der Waals surface area contributed by atoms with Crippen molar-refractivity contribution in [3.05, 3.63) is 71.8 Å². The van der Waals surface area contributed by atoms with Crippen molar-refractivity contribution in [1.29, 1.82) is 0 Å². The first-order valence-corrected chi connectivity index (χ1v) is 8.32. The molecule has 0 bridgehead atoms. The zero-order valence-corrected chi connectivity index (χ0v) is 12.4. The molecule has 1 aliphatic rings. The molecule has 2 heteroatoms. The van der Waals surface area contributed by atoms with E-state index in [1.165, 1.54) is 12.8 Å². The van der Waals surface area contributed by atoms with Gasteiger partial charge in [-0.15, -0.1) is 0 Å². The van der Waals surface area contributed by atoms with Crippen LogP contribution in [-0.2, 0) is 5.60 Å². The van der Waals surface area contributed by atoms with Crippen molar-refractivity contribution < 1.29 is 5.11 Å². The van der Waals surface area contributed by atoms with Gasteiger partial charge in [-0.25, -0.2) is 0 Å². The predicted octanol–water partition coefficient (Wildman–Crippen LogP) is 4.21. The minimum absolute atomic E-state index is 0.237. The van der Waals surface area contributed by atoms with Crippen LogP contribution in [0.4, 0.5) is 0 Å². The van der Waals surface area contributed by atoms with E-state index in [9.17, 15) is 5.11 Å². The summed E-state index contributed by atoms with van der Waals surface area (Å²) >= 11 is 1.91. The Morgan fingerprint density at radius 1 is 0.850 bits per heavy atom. The predicted molar refractivity (Wildman–Crippen MR) is 86.0 cm³/mol. The lowest BCUT2D eigenvalue weighted by Gasteiger charge is -2.39. The van der Waals surface area contributed by atoms with Crippen molar-refractivity contribution in [3.8, 4) is 0 Å². The van der Waals surface area contributed by atoms with Gasteiger partial charge in [0.05, 0.1) is 0 Å². The molecule has 1 atom stereocenters. The van der Waals surface area contributed by atoms with E-state index in [1.807, 2.05) is 72.4 Å². The van der Waals surface area contributed by atoms with Crippen LogP contribution in [0.2, 0.25) is 0 Å². The van der Waals surface area contributed by atoms with Crippen LogP contribution >= 0.6 is 11.8 Å². The average Bonchev–Trinajstić information content (AvgIpc) is 2.56. The largest absolute Gasteiger partial charge is 0.379 e. The second kappa shape index (κ2) is 6.02. The van der Waals surface area contributed by atoms with Crippen LogP contribution in [0.1, 0.15) is 30.4 Å². The minimum atomic E-state index is -0.881. The standard InChI is InChI=1S/C18H20OS/c19-18(15-9-3-1-4-10-15,16-11-5-2-6-12-16)17-13-7-8-14-20-17/h1-6,9-12,17,19H,7-8,13-14H2. The van der Waals surface area contributed by atoms with E-state index in [0.29, 0.717) is 0 Å². The summed E-state index contributed by atoms with van der Waals surface area (Å²) in [5.74, 6) is 1.15. The van der Waals surface area contributed by atoms with Gasteiger partial charge in [-0.3, -0.25) is 0 Å². The van der Waals surface area contributed by atoms with Crippen molar-refractivity contribution in [2.45, 2.75) is 30.1 Å². The summed E-state index contributed by atoms with van der Waals surface area (Å²) in [6.07, 6.45) is 3.55. The van der Waals surface area contributed by atoms with Gasteiger partial charge in [-0.05, 0) is 29.7 Å². The quantitative estimate of drug-likeness (QED) is 0.911. The number of hydrogen-bond donors (Lipinski definition) is 1. The fourth-order valence-corrected chi connectivity index (χ4v) is 4.50. The van der Waals surface area contributed by atoms with Gasteiger partial charge in [-0.1, -0.05) is 67.1 Å². The number of aliphatic hydroxyl groups is 1. The van der Waals surface area contributed by atoms with Gasteiger partial charge in [-0.2, -0.15) is 11.8 Å². The molecule has 0 spiro atoms. The second-order valence-corrected chi connectivity index (χ2v) is 6.66. The molecule has 1 saturated heterocycles. The van der Waals surface area contributed by atoms with Crippen molar-refractivity contribution in [3.63, 3.8) is 0 Å². The third-order valence-electron chi connectivity index (χ3n) is 4.07. The molecule has 1 aliphatic heterocycles. The monoisotopic (exact) mass is 284 g/mol. The summed E-state index contributed by atoms with van der Waals surface area (Å²) in [5.41, 5.74) is 1.13. The molecule has 0 amide bonds. The maximum Gasteiger partial charge on any atom is 0.126 e. The van der Waals surface area contributed by atoms with Crippen LogP contribution in [0.15, 0.2) is 60.7 Å². The maximum atomic E-state index is 11.6. The Hall–Kier alpha value is -1.25. The molecule has 2 aromatic rings. The Labute approximate surface area is 125 Å². The van der Waals surface area contributed by atoms with Crippen LogP contribution in [0, 0.1) is 0 Å². The average molecular weight is 284 g/mol. The lowest BCUT2D eigenvalue weighted by molar-refractivity contribution is 0.0737. The molecule has 0 aromatic heterocycles. The van der Waals surface area contributed by atoms with Crippen LogP contribution in [0.25, 0.3) is 0 Å². The van der Waals surface area contributed by atoms with Crippen molar-refractivity contribution in [2.24, 2.45) is 0 Å². The van der Waals surface area contributed by atoms with Crippen LogP contribution in [-0.4, -0.2) is 16.1 Å². The highest BCUT2D eigenvalue weighted by Crippen LogP contribution is 2.43. The Kier molecular flexibility index (Phi) is 4.13. The molecule has 0 saturated carbocycles. The Balaban J connectivity index is 2.07. The van der Waals surface area contributed by atoms with Gasteiger partial charge in [0, 0.05) is 5.25 Å². The van der Waals surface area contributed by atoms with E-state index in [4.69, 9.17) is 0 Å². The van der Waals surface area contributed by atoms with E-state index < -0.39 is 5.60 Å². The fourth-order valence-electron chi connectivity index (χ4n) is 2.99. The van der Waals surface area contributed by atoms with E-state index >= 15 is 0 Å². The molecule has 0 radical (unpaired) electrons. The zero-order chi connectivity index (χ0) is 13.8. The molecule has 1 fully saturated rings. The van der Waals surface area contributed by atoms with Gasteiger partial charge >= 0.3 is 0 Å². The summed E-state index contributed by atoms with van der Waals surface area (Å²) in [6.45, 7) is 0. The SMILES string of the molecule is OC(c1ccccc1)(c1ccccc1)C1CCCCS1. The molecule has 1 heterocycles. The highest BCUT2D eigenvalue weighted by Gasteiger charge is 2.40. The van der Waals surface area contributed by atoms with Crippen molar-refractivity contribution in [1.82, 2.24) is 0 Å². The summed E-state index contributed by atoms with van der Waals surface area (Å²) in [7, 11) is 0. The first-order chi connectivity index (χ1) is 9.82. The molecule has 1 N–H and O–H groups in total. The third-order valence-corrected chi connectivity index (χ3v) is 5.58. The van der Waals surface area contributed by atoms with Crippen LogP contribution in [0.3, 0.4) is 0 Å². The first-order valence-electron chi connectivity index (χ1n) is 7.27. The molecule has 0 aliphatic carbocycles. The number of benzene rings is 2. The fraction of sp³-hybridized carbons (Fsp3) is 0.333. The van der Waals surface area contributed by atoms with Gasteiger partial charge in [0.25, 0.3) is 0 Å². The summed E-state index contributed by atoms with van der Waals surface area (Å²) in [6, 6.07) is 20.2. The highest BCUT2D eigenvalue weighted by molar-refractivity contribution is 8.00. The van der Waals surface area contributed by atoms with E-state index in [-0.39, 0.29) is 5.25 Å². The van der Waals surface area contributed by atoms with Crippen molar-refractivity contribution in [2.75, 3.05) is 5.75 Å². The third kappa shape index (κ3) is 2.50. The minimum Gasteiger partial charge on any atom is -0.379 e. The zero-order valence-electron chi connectivity index (χ0n) is 11.5. The lowest BCUT2D eigenvalue weighted by atomic mass is 9.81.